The Kier molecular flexibility index (Phi) is 8.66. The Morgan fingerprint density at radius 3 is 2.33 bits per heavy atom. The van der Waals surface area contributed by atoms with Gasteiger partial charge in [0.15, 0.2) is 0 Å². The number of hydrogen-bond donors (Lipinski definition) is 2. The van der Waals surface area contributed by atoms with Gasteiger partial charge >= 0.3 is 12.1 Å². The van der Waals surface area contributed by atoms with E-state index in [1.54, 1.807) is 36.1 Å². The van der Waals surface area contributed by atoms with E-state index < -0.39 is 18.4 Å². The lowest BCUT2D eigenvalue weighted by Crippen LogP contribution is -2.26. The third-order valence-corrected chi connectivity index (χ3v) is 5.46. The number of ether oxygens (including phenoxy) is 4. The molecule has 0 aliphatic carbocycles. The molecule has 0 bridgehead atoms. The summed E-state index contributed by atoms with van der Waals surface area (Å²) < 4.78 is 20.0. The van der Waals surface area contributed by atoms with E-state index in [-0.39, 0.29) is 31.3 Å². The largest absolute Gasteiger partial charge is 0.511 e. The number of nitrogens with two attached hydrogens (primary N) is 1. The Morgan fingerprint density at radius 1 is 1.08 bits per heavy atom. The Bertz CT molecular complexity index is 1160. The second-order valence-corrected chi connectivity index (χ2v) is 7.91. The predicted molar refractivity (Wildman–Crippen MR) is 132 cm³/mol. The molecule has 2 aromatic rings. The molecule has 0 radical (unpaired) electrons. The quantitative estimate of drug-likeness (QED) is 0.221. The van der Waals surface area contributed by atoms with Gasteiger partial charge in [-0.15, -0.1) is 0 Å². The highest BCUT2D eigenvalue weighted by atomic mass is 16.8. The lowest BCUT2D eigenvalue weighted by atomic mass is 10.0. The fourth-order valence-corrected chi connectivity index (χ4v) is 3.67. The number of carbonyl (C=O) groups excluding carboxylic acids is 3. The summed E-state index contributed by atoms with van der Waals surface area (Å²) in [6.45, 7) is 3.52. The number of carbonyl (C=O) groups is 3. The second-order valence-electron chi connectivity index (χ2n) is 7.91. The number of nitrogens with one attached hydrogen (secondary N) is 1. The highest BCUT2D eigenvalue weighted by molar-refractivity contribution is 6.29. The molecule has 0 fully saturated rings. The van der Waals surface area contributed by atoms with Gasteiger partial charge < -0.3 is 29.6 Å². The number of esters is 1. The first-order chi connectivity index (χ1) is 17.2. The minimum Gasteiger partial charge on any atom is -0.498 e. The summed E-state index contributed by atoms with van der Waals surface area (Å²) in [5.41, 5.74) is 8.79. The molecule has 36 heavy (non-hydrogen) atoms. The Balaban J connectivity index is 1.61. The van der Waals surface area contributed by atoms with E-state index in [2.05, 4.69) is 4.74 Å². The van der Waals surface area contributed by atoms with Gasteiger partial charge in [-0.3, -0.25) is 15.0 Å². The summed E-state index contributed by atoms with van der Waals surface area (Å²) in [5.74, 6) is -0.215. The molecule has 0 saturated carbocycles. The van der Waals surface area contributed by atoms with E-state index in [1.807, 2.05) is 24.3 Å². The zero-order valence-electron chi connectivity index (χ0n) is 20.4. The number of aryl methyl sites for hydroxylation is 1. The molecule has 1 unspecified atom stereocenters. The van der Waals surface area contributed by atoms with Crippen molar-refractivity contribution < 1.29 is 33.3 Å². The molecular formula is C26H29N3O7. The van der Waals surface area contributed by atoms with Gasteiger partial charge in [-0.1, -0.05) is 24.3 Å². The number of amidine groups is 1. The van der Waals surface area contributed by atoms with Crippen molar-refractivity contribution in [2.75, 3.05) is 25.2 Å². The number of nitrogens with zero attached hydrogens (tertiary/aromatic N) is 1. The normalized spacial score (nSPS) is 13.9. The number of methoxy groups -OCH3 is 1. The van der Waals surface area contributed by atoms with Gasteiger partial charge in [-0.25, -0.2) is 4.79 Å². The van der Waals surface area contributed by atoms with Crippen molar-refractivity contribution in [3.63, 3.8) is 0 Å². The topological polar surface area (TPSA) is 141 Å². The van der Waals surface area contributed by atoms with Gasteiger partial charge in [-0.2, -0.15) is 0 Å². The van der Waals surface area contributed by atoms with E-state index in [0.29, 0.717) is 34.6 Å². The van der Waals surface area contributed by atoms with Crippen molar-refractivity contribution >= 4 is 35.1 Å². The van der Waals surface area contributed by atoms with Crippen LogP contribution in [0.4, 0.5) is 10.5 Å². The Morgan fingerprint density at radius 2 is 1.75 bits per heavy atom. The van der Waals surface area contributed by atoms with Gasteiger partial charge in [-0.05, 0) is 48.7 Å². The molecule has 1 heterocycles. The minimum atomic E-state index is -1.05. The van der Waals surface area contributed by atoms with E-state index in [4.69, 9.17) is 25.4 Å². The van der Waals surface area contributed by atoms with Crippen LogP contribution in [0.25, 0.3) is 5.57 Å². The Labute approximate surface area is 209 Å². The van der Waals surface area contributed by atoms with Crippen LogP contribution in [0.5, 0.6) is 0 Å². The predicted octanol–water partition coefficient (Wildman–Crippen LogP) is 3.37. The van der Waals surface area contributed by atoms with Crippen molar-refractivity contribution in [3.05, 3.63) is 71.0 Å². The van der Waals surface area contributed by atoms with Crippen LogP contribution in [0.2, 0.25) is 0 Å². The first-order valence-corrected chi connectivity index (χ1v) is 11.4. The van der Waals surface area contributed by atoms with Crippen molar-refractivity contribution in [3.8, 4) is 0 Å². The molecule has 1 aliphatic rings. The van der Waals surface area contributed by atoms with Crippen LogP contribution in [0, 0.1) is 5.41 Å². The average molecular weight is 496 g/mol. The maximum Gasteiger partial charge on any atom is 0.511 e. The molecule has 1 amide bonds. The molecule has 190 valence electrons. The van der Waals surface area contributed by atoms with Crippen LogP contribution in [0.1, 0.15) is 37.0 Å². The number of nitrogen functional groups attached to an aromatic ring is 1. The van der Waals surface area contributed by atoms with E-state index >= 15 is 0 Å². The fraction of sp³-hybridized carbons (Fsp3) is 0.308. The minimum absolute atomic E-state index is 0.0430. The summed E-state index contributed by atoms with van der Waals surface area (Å²) in [7, 11) is 1.53. The molecule has 2 aromatic carbocycles. The van der Waals surface area contributed by atoms with Gasteiger partial charge in [0.05, 0.1) is 25.8 Å². The first kappa shape index (κ1) is 26.3. The van der Waals surface area contributed by atoms with E-state index in [0.717, 1.165) is 5.56 Å². The van der Waals surface area contributed by atoms with E-state index in [1.165, 1.54) is 14.0 Å². The zero-order chi connectivity index (χ0) is 26.2. The van der Waals surface area contributed by atoms with Crippen LogP contribution < -0.4 is 10.6 Å². The van der Waals surface area contributed by atoms with Crippen LogP contribution in [0.15, 0.2) is 54.3 Å². The monoisotopic (exact) mass is 495 g/mol. The lowest BCUT2D eigenvalue weighted by Gasteiger charge is -2.17. The molecule has 1 aliphatic heterocycles. The van der Waals surface area contributed by atoms with Crippen molar-refractivity contribution in [1.29, 1.82) is 5.41 Å². The number of rotatable bonds is 10. The molecule has 1 atom stereocenters. The number of benzene rings is 2. The molecule has 0 aromatic heterocycles. The highest BCUT2D eigenvalue weighted by Crippen LogP contribution is 2.32. The summed E-state index contributed by atoms with van der Waals surface area (Å²) in [4.78, 5) is 38.2. The van der Waals surface area contributed by atoms with Crippen molar-refractivity contribution in [1.82, 2.24) is 0 Å². The SMILES string of the molecule is CCOC(=O)OC(C)OC(=O)CCc1ccc(C2=C(OC)CN(c3ccc(C(=N)N)cc3)C2=O)cc1. The maximum absolute atomic E-state index is 13.2. The molecule has 10 nitrogen and oxygen atoms in total. The van der Waals surface area contributed by atoms with Crippen molar-refractivity contribution in [2.24, 2.45) is 5.73 Å². The summed E-state index contributed by atoms with van der Waals surface area (Å²) in [6, 6.07) is 14.1. The molecule has 3 rings (SSSR count). The standard InChI is InChI=1S/C26H29N3O7/c1-4-34-26(32)36-16(2)35-22(30)14-7-17-5-8-18(9-6-17)23-21(33-3)15-29(25(23)31)20-12-10-19(11-13-20)24(27)28/h5-6,8-13,16H,4,7,14-15H2,1-3H3,(H3,27,28). The van der Waals surface area contributed by atoms with E-state index in [9.17, 15) is 14.4 Å². The average Bonchev–Trinajstić information content (AvgIpc) is 3.19. The summed E-state index contributed by atoms with van der Waals surface area (Å²) >= 11 is 0. The third-order valence-electron chi connectivity index (χ3n) is 5.46. The number of anilines is 1. The second kappa shape index (κ2) is 11.9. The smallest absolute Gasteiger partial charge is 0.498 e. The molecule has 0 spiro atoms. The molecule has 3 N–H and O–H groups in total. The van der Waals surface area contributed by atoms with Crippen LogP contribution in [0.3, 0.4) is 0 Å². The summed E-state index contributed by atoms with van der Waals surface area (Å²) in [5, 5.41) is 7.52. The van der Waals surface area contributed by atoms with Crippen LogP contribution in [-0.4, -0.2) is 50.4 Å². The van der Waals surface area contributed by atoms with Gasteiger partial charge in [0.2, 0.25) is 6.29 Å². The van der Waals surface area contributed by atoms with Gasteiger partial charge in [0.25, 0.3) is 5.91 Å². The number of amides is 1. The van der Waals surface area contributed by atoms with Gasteiger partial charge in [0.1, 0.15) is 11.6 Å². The molecule has 10 heteroatoms. The summed E-state index contributed by atoms with van der Waals surface area (Å²) in [6.07, 6.45) is -1.45. The van der Waals surface area contributed by atoms with Crippen molar-refractivity contribution in [2.45, 2.75) is 33.0 Å². The highest BCUT2D eigenvalue weighted by Gasteiger charge is 2.33. The molecular weight excluding hydrogens is 466 g/mol. The fourth-order valence-electron chi connectivity index (χ4n) is 3.67. The molecule has 0 saturated heterocycles. The maximum atomic E-state index is 13.2. The van der Waals surface area contributed by atoms with Crippen LogP contribution in [-0.2, 0) is 35.0 Å². The third kappa shape index (κ3) is 6.41. The Hall–Kier alpha value is -4.34. The van der Waals surface area contributed by atoms with Gasteiger partial charge in [0, 0.05) is 24.6 Å². The zero-order valence-corrected chi connectivity index (χ0v) is 20.4. The first-order valence-electron chi connectivity index (χ1n) is 11.4. The lowest BCUT2D eigenvalue weighted by molar-refractivity contribution is -0.167. The van der Waals surface area contributed by atoms with Crippen LogP contribution >= 0.6 is 0 Å². The number of hydrogen-bond acceptors (Lipinski definition) is 8.